The topological polar surface area (TPSA) is 139 Å². The first-order valence-corrected chi connectivity index (χ1v) is 13.3. The van der Waals surface area contributed by atoms with Crippen LogP contribution >= 0.6 is 23.1 Å². The first kappa shape index (κ1) is 23.9. The molecule has 10 nitrogen and oxygen atoms in total. The van der Waals surface area contributed by atoms with Gasteiger partial charge in [-0.05, 0) is 53.9 Å². The summed E-state index contributed by atoms with van der Waals surface area (Å²) < 4.78 is 35.1. The molecular weight excluding hydrogens is 500 g/mol. The molecule has 2 aliphatic heterocycles. The van der Waals surface area contributed by atoms with E-state index in [0.29, 0.717) is 17.0 Å². The minimum Gasteiger partial charge on any atom is -0.490 e. The van der Waals surface area contributed by atoms with Crippen LogP contribution in [-0.2, 0) is 14.6 Å². The van der Waals surface area contributed by atoms with Gasteiger partial charge in [0.1, 0.15) is 4.88 Å². The van der Waals surface area contributed by atoms with Crippen LogP contribution in [0, 0.1) is 5.41 Å². The number of esters is 1. The van der Waals surface area contributed by atoms with Gasteiger partial charge in [-0.25, -0.2) is 13.2 Å². The Morgan fingerprint density at radius 3 is 2.71 bits per heavy atom. The van der Waals surface area contributed by atoms with Crippen molar-refractivity contribution in [1.29, 1.82) is 5.41 Å². The molecular formula is C21H18N4O6S3. The molecule has 13 heteroatoms. The Balaban J connectivity index is 1.63. The Kier molecular flexibility index (Phi) is 6.68. The second-order valence-electron chi connectivity index (χ2n) is 6.80. The monoisotopic (exact) mass is 518 g/mol. The van der Waals surface area contributed by atoms with Crippen molar-refractivity contribution in [3.63, 3.8) is 0 Å². The molecule has 1 aromatic heterocycles. The summed E-state index contributed by atoms with van der Waals surface area (Å²) in [4.78, 5) is 29.2. The molecule has 2 aliphatic rings. The third kappa shape index (κ3) is 4.67. The summed E-state index contributed by atoms with van der Waals surface area (Å²) in [7, 11) is -3.61. The van der Waals surface area contributed by atoms with Crippen molar-refractivity contribution in [3.05, 3.63) is 51.7 Å². The van der Waals surface area contributed by atoms with Crippen LogP contribution in [0.1, 0.15) is 29.1 Å². The second kappa shape index (κ2) is 9.52. The highest BCUT2D eigenvalue weighted by Gasteiger charge is 2.39. The smallest absolute Gasteiger partial charge is 0.353 e. The van der Waals surface area contributed by atoms with Gasteiger partial charge in [0.25, 0.3) is 5.91 Å². The van der Waals surface area contributed by atoms with Crippen molar-refractivity contribution in [2.24, 2.45) is 10.1 Å². The van der Waals surface area contributed by atoms with E-state index < -0.39 is 21.7 Å². The quantitative estimate of drug-likeness (QED) is 0.349. The summed E-state index contributed by atoms with van der Waals surface area (Å²) in [5.41, 5.74) is 0.414. The van der Waals surface area contributed by atoms with Crippen LogP contribution in [0.4, 0.5) is 0 Å². The van der Waals surface area contributed by atoms with Gasteiger partial charge in [-0.1, -0.05) is 19.1 Å². The van der Waals surface area contributed by atoms with E-state index in [1.165, 1.54) is 30.4 Å². The highest BCUT2D eigenvalue weighted by atomic mass is 32.3. The summed E-state index contributed by atoms with van der Waals surface area (Å²) >= 11 is 1.99. The summed E-state index contributed by atoms with van der Waals surface area (Å²) in [6.07, 6.45) is 1.42. The van der Waals surface area contributed by atoms with Gasteiger partial charge in [-0.2, -0.15) is 10.0 Å². The average molecular weight is 519 g/mol. The maximum atomic E-state index is 12.6. The number of carbonyl (C=O) groups excluding carboxylic acids is 2. The number of sulfone groups is 1. The first-order chi connectivity index (χ1) is 16.2. The Hall–Kier alpha value is -3.29. The average Bonchev–Trinajstić information content (AvgIpc) is 3.49. The number of aliphatic imine (C=N–C) groups is 1. The molecule has 0 radical (unpaired) electrons. The van der Waals surface area contributed by atoms with Crippen molar-refractivity contribution >= 4 is 66.3 Å². The molecule has 0 aliphatic carbocycles. The van der Waals surface area contributed by atoms with Gasteiger partial charge in [0.15, 0.2) is 17.3 Å². The molecule has 34 heavy (non-hydrogen) atoms. The molecule has 176 valence electrons. The van der Waals surface area contributed by atoms with Crippen molar-refractivity contribution in [3.8, 4) is 11.5 Å². The fourth-order valence-electron chi connectivity index (χ4n) is 2.90. The maximum absolute atomic E-state index is 12.6. The number of carbonyl (C=O) groups is 2. The number of nitrogens with one attached hydrogen (secondary N) is 1. The Morgan fingerprint density at radius 2 is 2.03 bits per heavy atom. The van der Waals surface area contributed by atoms with Crippen LogP contribution in [-0.4, -0.2) is 53.0 Å². The molecule has 1 amide bonds. The zero-order valence-corrected chi connectivity index (χ0v) is 20.4. The number of hydrazone groups is 1. The molecule has 0 bridgehead atoms. The number of amides is 1. The number of benzene rings is 1. The number of rotatable bonds is 6. The molecule has 0 atom stereocenters. The summed E-state index contributed by atoms with van der Waals surface area (Å²) in [6.45, 7) is 3.56. The van der Waals surface area contributed by atoms with Crippen molar-refractivity contribution < 1.29 is 27.5 Å². The summed E-state index contributed by atoms with van der Waals surface area (Å²) in [5, 5.41) is 15.2. The van der Waals surface area contributed by atoms with E-state index in [9.17, 15) is 18.0 Å². The molecule has 0 spiro atoms. The molecule has 1 N–H and O–H groups in total. The number of fused-ring (bicyclic) bond motifs is 1. The minimum absolute atomic E-state index is 0.0185. The van der Waals surface area contributed by atoms with Crippen LogP contribution in [0.3, 0.4) is 0 Å². The zero-order valence-electron chi connectivity index (χ0n) is 18.0. The van der Waals surface area contributed by atoms with Crippen LogP contribution < -0.4 is 9.47 Å². The number of hydrogen-bond donors (Lipinski definition) is 1. The second-order valence-corrected chi connectivity index (χ2v) is 11.2. The molecule has 1 aromatic carbocycles. The van der Waals surface area contributed by atoms with Gasteiger partial charge in [-0.15, -0.1) is 16.4 Å². The lowest BCUT2D eigenvalue weighted by Crippen LogP contribution is -2.35. The predicted molar refractivity (Wildman–Crippen MR) is 131 cm³/mol. The molecule has 4 rings (SSSR count). The van der Waals surface area contributed by atoms with Gasteiger partial charge >= 0.3 is 5.97 Å². The molecule has 3 heterocycles. The lowest BCUT2D eigenvalue weighted by Gasteiger charge is -2.20. The number of thiophene rings is 1. The van der Waals surface area contributed by atoms with Gasteiger partial charge in [-0.3, -0.25) is 10.2 Å². The van der Waals surface area contributed by atoms with Gasteiger partial charge < -0.3 is 9.47 Å². The van der Waals surface area contributed by atoms with Crippen molar-refractivity contribution in [1.82, 2.24) is 5.01 Å². The first-order valence-electron chi connectivity index (χ1n) is 9.99. The summed E-state index contributed by atoms with van der Waals surface area (Å²) in [6, 6.07) is 8.10. The zero-order chi connectivity index (χ0) is 24.5. The van der Waals surface area contributed by atoms with E-state index in [-0.39, 0.29) is 38.2 Å². The molecule has 0 saturated heterocycles. The fraction of sp³-hybridized carbons (Fsp3) is 0.190. The van der Waals surface area contributed by atoms with E-state index >= 15 is 0 Å². The van der Waals surface area contributed by atoms with Gasteiger partial charge in [0.05, 0.1) is 17.9 Å². The Morgan fingerprint density at radius 1 is 1.24 bits per heavy atom. The predicted octanol–water partition coefficient (Wildman–Crippen LogP) is 3.38. The van der Waals surface area contributed by atoms with Crippen LogP contribution in [0.25, 0.3) is 6.08 Å². The third-order valence-electron chi connectivity index (χ3n) is 4.59. The van der Waals surface area contributed by atoms with Crippen LogP contribution in [0.5, 0.6) is 11.5 Å². The van der Waals surface area contributed by atoms with Gasteiger partial charge in [0, 0.05) is 0 Å². The maximum Gasteiger partial charge on any atom is 0.353 e. The largest absolute Gasteiger partial charge is 0.490 e. The highest BCUT2D eigenvalue weighted by Crippen LogP contribution is 2.33. The van der Waals surface area contributed by atoms with E-state index in [1.54, 1.807) is 36.6 Å². The SMILES string of the molecule is CCOc1cc(/C=C2\C(=N)N3N=C(S(=O)(=O)CC)SC3=NC2=O)ccc1OC(=O)c1cccs1. The van der Waals surface area contributed by atoms with Crippen LogP contribution in [0.2, 0.25) is 0 Å². The van der Waals surface area contributed by atoms with E-state index in [1.807, 2.05) is 0 Å². The fourth-order valence-corrected chi connectivity index (χ4v) is 5.66. The highest BCUT2D eigenvalue weighted by molar-refractivity contribution is 8.42. The van der Waals surface area contributed by atoms with E-state index in [0.717, 1.165) is 16.8 Å². The standard InChI is InChI=1S/C21H18N4O6S3/c1-3-30-15-11-12(7-8-14(15)31-19(27)16-6-5-9-32-16)10-13-17(22)25-20(23-18(13)26)33-21(24-25)34(28,29)4-2/h5-11,22H,3-4H2,1-2H3/b13-10+,22-17?. The minimum atomic E-state index is -3.61. The lowest BCUT2D eigenvalue weighted by atomic mass is 10.1. The number of hydrogen-bond acceptors (Lipinski definition) is 10. The van der Waals surface area contributed by atoms with Crippen molar-refractivity contribution in [2.45, 2.75) is 13.8 Å². The van der Waals surface area contributed by atoms with Gasteiger partial charge in [0.2, 0.25) is 19.4 Å². The number of ether oxygens (including phenoxy) is 2. The Labute approximate surface area is 203 Å². The van der Waals surface area contributed by atoms with Crippen LogP contribution in [0.15, 0.2) is 51.4 Å². The number of amidine groups is 2. The number of nitrogens with zero attached hydrogens (tertiary/aromatic N) is 3. The molecule has 0 saturated carbocycles. The molecule has 0 fully saturated rings. The third-order valence-corrected chi connectivity index (χ3v) is 8.52. The Bertz CT molecular complexity index is 1380. The molecule has 2 aromatic rings. The van der Waals surface area contributed by atoms with E-state index in [4.69, 9.17) is 14.9 Å². The lowest BCUT2D eigenvalue weighted by molar-refractivity contribution is -0.114. The summed E-state index contributed by atoms with van der Waals surface area (Å²) in [5.74, 6) is -1.17. The van der Waals surface area contributed by atoms with Crippen molar-refractivity contribution in [2.75, 3.05) is 12.4 Å². The normalized spacial score (nSPS) is 16.9. The van der Waals surface area contributed by atoms with E-state index in [2.05, 4.69) is 10.1 Å². The number of thioether (sulfide) groups is 1. The molecule has 0 unspecified atom stereocenters.